The molecule has 0 bridgehead atoms. The van der Waals surface area contributed by atoms with Crippen molar-refractivity contribution in [3.05, 3.63) is 59.7 Å². The van der Waals surface area contributed by atoms with Crippen LogP contribution in [0.1, 0.15) is 34.6 Å². The molecule has 1 heterocycles. The molecule has 2 aromatic rings. The molecule has 0 aromatic heterocycles. The third kappa shape index (κ3) is 2.78. The van der Waals surface area contributed by atoms with E-state index in [4.69, 9.17) is 0 Å². The highest BCUT2D eigenvalue weighted by molar-refractivity contribution is 8.76. The molecule has 1 aliphatic rings. The Morgan fingerprint density at radius 3 is 1.91 bits per heavy atom. The first-order chi connectivity index (χ1) is 10.6. The number of rotatable bonds is 4. The molecule has 0 saturated heterocycles. The number of amides is 2. The fourth-order valence-electron chi connectivity index (χ4n) is 2.23. The van der Waals surface area contributed by atoms with Crippen molar-refractivity contribution in [1.82, 2.24) is 0 Å². The van der Waals surface area contributed by atoms with Crippen LogP contribution in [0.2, 0.25) is 0 Å². The van der Waals surface area contributed by atoms with Gasteiger partial charge in [-0.05, 0) is 36.4 Å². The Morgan fingerprint density at radius 1 is 0.864 bits per heavy atom. The second kappa shape index (κ2) is 6.18. The van der Waals surface area contributed by atoms with Crippen molar-refractivity contribution in [1.29, 1.82) is 0 Å². The van der Waals surface area contributed by atoms with Crippen LogP contribution >= 0.6 is 21.6 Å². The van der Waals surface area contributed by atoms with Gasteiger partial charge in [0.15, 0.2) is 0 Å². The molecular weight excluding hydrogens is 314 g/mol. The summed E-state index contributed by atoms with van der Waals surface area (Å²) in [5, 5.41) is 0.543. The molecule has 3 nitrogen and oxygen atoms in total. The molecule has 0 fully saturated rings. The lowest BCUT2D eigenvalue weighted by Gasteiger charge is -2.14. The topological polar surface area (TPSA) is 37.4 Å². The Balaban J connectivity index is 1.84. The van der Waals surface area contributed by atoms with Crippen molar-refractivity contribution in [3.63, 3.8) is 0 Å². The number of hydrogen-bond acceptors (Lipinski definition) is 4. The van der Waals surface area contributed by atoms with E-state index >= 15 is 0 Å². The van der Waals surface area contributed by atoms with E-state index in [2.05, 4.69) is 13.8 Å². The zero-order chi connectivity index (χ0) is 15.7. The number of carbonyl (C=O) groups excluding carboxylic acids is 2. The molecule has 112 valence electrons. The van der Waals surface area contributed by atoms with Gasteiger partial charge in [-0.15, -0.1) is 0 Å². The van der Waals surface area contributed by atoms with E-state index in [0.29, 0.717) is 22.1 Å². The lowest BCUT2D eigenvalue weighted by molar-refractivity contribution is 0.0926. The maximum atomic E-state index is 12.4. The van der Waals surface area contributed by atoms with Crippen LogP contribution < -0.4 is 4.90 Å². The molecule has 22 heavy (non-hydrogen) atoms. The standard InChI is InChI=1S/C17H15NO2S2/c1-11(2)21-22-13-9-7-12(8-10-13)18-16(19)14-5-3-4-6-15(14)17(18)20/h3-11H,1-2H3. The van der Waals surface area contributed by atoms with Crippen molar-refractivity contribution in [2.24, 2.45) is 0 Å². The van der Waals surface area contributed by atoms with Crippen molar-refractivity contribution in [3.8, 4) is 0 Å². The van der Waals surface area contributed by atoms with Crippen LogP contribution in [0.3, 0.4) is 0 Å². The molecule has 1 aliphatic heterocycles. The largest absolute Gasteiger partial charge is 0.268 e. The van der Waals surface area contributed by atoms with Crippen molar-refractivity contribution >= 4 is 39.1 Å². The van der Waals surface area contributed by atoms with Gasteiger partial charge in [0.2, 0.25) is 0 Å². The van der Waals surface area contributed by atoms with Gasteiger partial charge >= 0.3 is 0 Å². The number of fused-ring (bicyclic) bond motifs is 1. The Hall–Kier alpha value is -1.72. The van der Waals surface area contributed by atoms with Crippen LogP contribution in [0.5, 0.6) is 0 Å². The monoisotopic (exact) mass is 329 g/mol. The van der Waals surface area contributed by atoms with Crippen molar-refractivity contribution < 1.29 is 9.59 Å². The van der Waals surface area contributed by atoms with E-state index in [-0.39, 0.29) is 11.8 Å². The van der Waals surface area contributed by atoms with Gasteiger partial charge in [-0.1, -0.05) is 47.6 Å². The predicted octanol–water partition coefficient (Wildman–Crippen LogP) is 4.64. The van der Waals surface area contributed by atoms with E-state index in [9.17, 15) is 9.59 Å². The summed E-state index contributed by atoms with van der Waals surface area (Å²) in [4.78, 5) is 27.2. The van der Waals surface area contributed by atoms with E-state index in [1.54, 1.807) is 45.9 Å². The highest BCUT2D eigenvalue weighted by Crippen LogP contribution is 2.36. The molecule has 0 saturated carbocycles. The van der Waals surface area contributed by atoms with Gasteiger partial charge in [-0.2, -0.15) is 0 Å². The minimum atomic E-state index is -0.252. The Labute approximate surface area is 137 Å². The van der Waals surface area contributed by atoms with Gasteiger partial charge in [0, 0.05) is 10.1 Å². The summed E-state index contributed by atoms with van der Waals surface area (Å²) < 4.78 is 0. The number of hydrogen-bond donors (Lipinski definition) is 0. The Kier molecular flexibility index (Phi) is 4.27. The third-order valence-corrected chi connectivity index (χ3v) is 6.19. The Bertz CT molecular complexity index is 691. The van der Waals surface area contributed by atoms with Gasteiger partial charge in [0.05, 0.1) is 16.8 Å². The van der Waals surface area contributed by atoms with Gasteiger partial charge in [-0.3, -0.25) is 9.59 Å². The quantitative estimate of drug-likeness (QED) is 0.605. The summed E-state index contributed by atoms with van der Waals surface area (Å²) >= 11 is 0. The zero-order valence-electron chi connectivity index (χ0n) is 12.3. The van der Waals surface area contributed by atoms with Gasteiger partial charge in [-0.25, -0.2) is 4.90 Å². The lowest BCUT2D eigenvalue weighted by Crippen LogP contribution is -2.29. The predicted molar refractivity (Wildman–Crippen MR) is 92.6 cm³/mol. The molecule has 0 atom stereocenters. The molecule has 0 N–H and O–H groups in total. The first-order valence-electron chi connectivity index (χ1n) is 6.99. The number of benzene rings is 2. The highest BCUT2D eigenvalue weighted by atomic mass is 33.1. The lowest BCUT2D eigenvalue weighted by atomic mass is 10.1. The summed E-state index contributed by atoms with van der Waals surface area (Å²) in [5.74, 6) is -0.505. The van der Waals surface area contributed by atoms with Gasteiger partial charge < -0.3 is 0 Å². The molecule has 0 aliphatic carbocycles. The average Bonchev–Trinajstić information content (AvgIpc) is 2.78. The van der Waals surface area contributed by atoms with Crippen LogP contribution in [0.25, 0.3) is 0 Å². The van der Waals surface area contributed by atoms with E-state index in [1.165, 1.54) is 4.90 Å². The molecule has 0 spiro atoms. The number of anilines is 1. The van der Waals surface area contributed by atoms with Crippen LogP contribution in [0.4, 0.5) is 5.69 Å². The summed E-state index contributed by atoms with van der Waals surface area (Å²) in [6.45, 7) is 4.29. The molecule has 0 radical (unpaired) electrons. The van der Waals surface area contributed by atoms with Crippen molar-refractivity contribution in [2.75, 3.05) is 4.90 Å². The first-order valence-corrected chi connectivity index (χ1v) is 9.20. The maximum Gasteiger partial charge on any atom is 0.266 e. The second-order valence-electron chi connectivity index (χ2n) is 5.21. The summed E-state index contributed by atoms with van der Waals surface area (Å²) in [6.07, 6.45) is 0. The zero-order valence-corrected chi connectivity index (χ0v) is 13.9. The smallest absolute Gasteiger partial charge is 0.266 e. The van der Waals surface area contributed by atoms with Gasteiger partial charge in [0.1, 0.15) is 0 Å². The fourth-order valence-corrected chi connectivity index (χ4v) is 4.02. The first kappa shape index (κ1) is 15.2. The number of imide groups is 1. The highest BCUT2D eigenvalue weighted by Gasteiger charge is 2.36. The molecule has 2 aromatic carbocycles. The van der Waals surface area contributed by atoms with Crippen molar-refractivity contribution in [2.45, 2.75) is 24.0 Å². The number of carbonyl (C=O) groups is 2. The molecule has 0 unspecified atom stereocenters. The molecule has 5 heteroatoms. The minimum Gasteiger partial charge on any atom is -0.268 e. The van der Waals surface area contributed by atoms with Crippen LogP contribution in [0, 0.1) is 0 Å². The van der Waals surface area contributed by atoms with Crippen LogP contribution in [-0.2, 0) is 0 Å². The summed E-state index contributed by atoms with van der Waals surface area (Å²) in [6, 6.07) is 14.5. The van der Waals surface area contributed by atoms with Crippen LogP contribution in [0.15, 0.2) is 53.4 Å². The average molecular weight is 329 g/mol. The minimum absolute atomic E-state index is 0.252. The van der Waals surface area contributed by atoms with Crippen LogP contribution in [-0.4, -0.2) is 17.1 Å². The maximum absolute atomic E-state index is 12.4. The van der Waals surface area contributed by atoms with Gasteiger partial charge in [0.25, 0.3) is 11.8 Å². The molecule has 2 amide bonds. The van der Waals surface area contributed by atoms with E-state index in [0.717, 1.165) is 4.90 Å². The van der Waals surface area contributed by atoms with E-state index in [1.807, 2.05) is 24.3 Å². The Morgan fingerprint density at radius 2 is 1.41 bits per heavy atom. The SMILES string of the molecule is CC(C)SSc1ccc(N2C(=O)c3ccccc3C2=O)cc1. The van der Waals surface area contributed by atoms with E-state index < -0.39 is 0 Å². The molecule has 3 rings (SSSR count). The molecular formula is C17H15NO2S2. The second-order valence-corrected chi connectivity index (χ2v) is 8.06. The summed E-state index contributed by atoms with van der Waals surface area (Å²) in [5.41, 5.74) is 1.56. The third-order valence-electron chi connectivity index (χ3n) is 3.23. The fraction of sp³-hybridized carbons (Fsp3) is 0.176. The summed E-state index contributed by atoms with van der Waals surface area (Å²) in [7, 11) is 3.48. The number of nitrogens with zero attached hydrogens (tertiary/aromatic N) is 1. The normalized spacial score (nSPS) is 13.9.